The third-order valence-electron chi connectivity index (χ3n) is 4.96. The van der Waals surface area contributed by atoms with Crippen LogP contribution in [0.15, 0.2) is 90.3 Å². The lowest BCUT2D eigenvalue weighted by atomic mass is 10.1. The number of benzene rings is 1. The fourth-order valence-electron chi connectivity index (χ4n) is 3.56. The average molecular weight is 394 g/mol. The quantitative estimate of drug-likeness (QED) is 0.454. The van der Waals surface area contributed by atoms with E-state index in [0.29, 0.717) is 22.6 Å². The number of fused-ring (bicyclic) bond motifs is 1. The number of nitrogens with zero attached hydrogens (tertiary/aromatic N) is 3. The largest absolute Gasteiger partial charge is 0.451 e. The van der Waals surface area contributed by atoms with Gasteiger partial charge in [-0.2, -0.15) is 0 Å². The summed E-state index contributed by atoms with van der Waals surface area (Å²) in [7, 11) is 0. The van der Waals surface area contributed by atoms with Crippen molar-refractivity contribution in [3.8, 4) is 22.5 Å². The highest BCUT2D eigenvalue weighted by Gasteiger charge is 2.21. The second-order valence-corrected chi connectivity index (χ2v) is 7.06. The van der Waals surface area contributed by atoms with E-state index in [0.717, 1.165) is 16.6 Å². The Morgan fingerprint density at radius 1 is 1.07 bits per heavy atom. The van der Waals surface area contributed by atoms with Crippen molar-refractivity contribution >= 4 is 17.1 Å². The predicted octanol–water partition coefficient (Wildman–Crippen LogP) is 5.22. The summed E-state index contributed by atoms with van der Waals surface area (Å²) in [6.45, 7) is 2.07. The zero-order valence-electron chi connectivity index (χ0n) is 16.2. The predicted molar refractivity (Wildman–Crippen MR) is 115 cm³/mol. The normalized spacial score (nSPS) is 11.0. The minimum atomic E-state index is -0.234. The highest BCUT2D eigenvalue weighted by Crippen LogP contribution is 2.30. The Morgan fingerprint density at radius 3 is 2.77 bits per heavy atom. The lowest BCUT2D eigenvalue weighted by molar-refractivity contribution is 0.102. The molecule has 6 nitrogen and oxygen atoms in total. The Morgan fingerprint density at radius 2 is 2.00 bits per heavy atom. The van der Waals surface area contributed by atoms with Gasteiger partial charge in [-0.05, 0) is 42.3 Å². The number of amides is 1. The Bertz CT molecular complexity index is 1340. The number of aromatic nitrogens is 3. The van der Waals surface area contributed by atoms with Crippen LogP contribution in [0.4, 0.5) is 5.69 Å². The van der Waals surface area contributed by atoms with Crippen LogP contribution < -0.4 is 5.32 Å². The zero-order valence-corrected chi connectivity index (χ0v) is 16.2. The van der Waals surface area contributed by atoms with Crippen molar-refractivity contribution in [2.75, 3.05) is 5.32 Å². The number of rotatable bonds is 4. The Labute approximate surface area is 172 Å². The molecule has 1 aromatic carbocycles. The minimum Gasteiger partial charge on any atom is -0.451 e. The van der Waals surface area contributed by atoms with Gasteiger partial charge < -0.3 is 14.1 Å². The fourth-order valence-corrected chi connectivity index (χ4v) is 3.56. The molecule has 0 radical (unpaired) electrons. The van der Waals surface area contributed by atoms with E-state index >= 15 is 0 Å². The van der Waals surface area contributed by atoms with Crippen LogP contribution in [-0.4, -0.2) is 20.3 Å². The molecule has 0 fully saturated rings. The Kier molecular flexibility index (Phi) is 4.37. The summed E-state index contributed by atoms with van der Waals surface area (Å²) >= 11 is 0. The molecule has 0 aliphatic heterocycles. The molecule has 0 atom stereocenters. The van der Waals surface area contributed by atoms with Gasteiger partial charge in [-0.3, -0.25) is 9.78 Å². The van der Waals surface area contributed by atoms with Gasteiger partial charge in [0.05, 0.1) is 23.1 Å². The van der Waals surface area contributed by atoms with Crippen molar-refractivity contribution in [1.29, 1.82) is 0 Å². The second-order valence-electron chi connectivity index (χ2n) is 7.06. The first-order chi connectivity index (χ1) is 14.7. The molecule has 0 unspecified atom stereocenters. The lowest BCUT2D eigenvalue weighted by Crippen LogP contribution is -2.12. The van der Waals surface area contributed by atoms with Crippen LogP contribution in [0.25, 0.3) is 28.0 Å². The molecule has 6 heteroatoms. The number of carbonyl (C=O) groups excluding carboxylic acids is 1. The van der Waals surface area contributed by atoms with E-state index in [1.807, 2.05) is 28.8 Å². The van der Waals surface area contributed by atoms with Crippen molar-refractivity contribution in [3.05, 3.63) is 97.0 Å². The first-order valence-electron chi connectivity index (χ1n) is 9.51. The third-order valence-corrected chi connectivity index (χ3v) is 4.96. The van der Waals surface area contributed by atoms with Crippen LogP contribution >= 0.6 is 0 Å². The molecule has 0 bridgehead atoms. The van der Waals surface area contributed by atoms with Crippen LogP contribution in [0.3, 0.4) is 0 Å². The topological polar surface area (TPSA) is 72.4 Å². The first-order valence-corrected chi connectivity index (χ1v) is 9.51. The van der Waals surface area contributed by atoms with Gasteiger partial charge in [0.2, 0.25) is 0 Å². The van der Waals surface area contributed by atoms with E-state index in [1.165, 1.54) is 12.0 Å². The van der Waals surface area contributed by atoms with E-state index in [9.17, 15) is 4.79 Å². The van der Waals surface area contributed by atoms with E-state index in [-0.39, 0.29) is 5.91 Å². The summed E-state index contributed by atoms with van der Waals surface area (Å²) < 4.78 is 7.18. The molecule has 1 amide bonds. The monoisotopic (exact) mass is 394 g/mol. The highest BCUT2D eigenvalue weighted by molar-refractivity contribution is 6.09. The average Bonchev–Trinajstić information content (AvgIpc) is 3.41. The molecule has 0 spiro atoms. The molecule has 0 aliphatic carbocycles. The SMILES string of the molecule is Cc1cccc(-c2ccc3cc(C(=O)Nc4cccnc4)c(-c4cocn4)n3c2)c1. The number of oxazole rings is 1. The summed E-state index contributed by atoms with van der Waals surface area (Å²) in [4.78, 5) is 21.4. The summed E-state index contributed by atoms with van der Waals surface area (Å²) in [5.74, 6) is -0.234. The van der Waals surface area contributed by atoms with Gasteiger partial charge in [0, 0.05) is 17.9 Å². The van der Waals surface area contributed by atoms with E-state index in [1.54, 1.807) is 30.8 Å². The Hall–Kier alpha value is -4.19. The van der Waals surface area contributed by atoms with Gasteiger partial charge in [0.25, 0.3) is 5.91 Å². The van der Waals surface area contributed by atoms with Crippen LogP contribution in [-0.2, 0) is 0 Å². The van der Waals surface area contributed by atoms with Gasteiger partial charge in [0.15, 0.2) is 6.39 Å². The molecule has 5 rings (SSSR count). The maximum Gasteiger partial charge on any atom is 0.257 e. The number of aryl methyl sites for hydroxylation is 1. The van der Waals surface area contributed by atoms with Gasteiger partial charge in [-0.15, -0.1) is 0 Å². The number of hydrogen-bond donors (Lipinski definition) is 1. The van der Waals surface area contributed by atoms with Gasteiger partial charge in [-0.25, -0.2) is 4.98 Å². The van der Waals surface area contributed by atoms with Crippen LogP contribution in [0.1, 0.15) is 15.9 Å². The lowest BCUT2D eigenvalue weighted by Gasteiger charge is -2.08. The first kappa shape index (κ1) is 17.9. The zero-order chi connectivity index (χ0) is 20.5. The Balaban J connectivity index is 1.65. The fraction of sp³-hybridized carbons (Fsp3) is 0.0417. The van der Waals surface area contributed by atoms with Crippen LogP contribution in [0, 0.1) is 6.92 Å². The van der Waals surface area contributed by atoms with Crippen LogP contribution in [0.5, 0.6) is 0 Å². The van der Waals surface area contributed by atoms with Crippen molar-refractivity contribution < 1.29 is 9.21 Å². The third kappa shape index (κ3) is 3.24. The van der Waals surface area contributed by atoms with Crippen molar-refractivity contribution in [3.63, 3.8) is 0 Å². The maximum atomic E-state index is 13.1. The molecule has 146 valence electrons. The number of hydrogen-bond acceptors (Lipinski definition) is 4. The molecule has 0 saturated carbocycles. The molecule has 30 heavy (non-hydrogen) atoms. The molecular formula is C24H18N4O2. The van der Waals surface area contributed by atoms with E-state index in [4.69, 9.17) is 4.42 Å². The van der Waals surface area contributed by atoms with Gasteiger partial charge >= 0.3 is 0 Å². The number of anilines is 1. The number of nitrogens with one attached hydrogen (secondary N) is 1. The summed E-state index contributed by atoms with van der Waals surface area (Å²) in [6.07, 6.45) is 8.20. The molecule has 1 N–H and O–H groups in total. The summed E-state index contributed by atoms with van der Waals surface area (Å²) in [6, 6.07) is 17.8. The summed E-state index contributed by atoms with van der Waals surface area (Å²) in [5.41, 5.74) is 6.64. The molecule has 4 heterocycles. The molecule has 0 aliphatic rings. The van der Waals surface area contributed by atoms with Crippen molar-refractivity contribution in [2.45, 2.75) is 6.92 Å². The van der Waals surface area contributed by atoms with E-state index < -0.39 is 0 Å². The number of carbonyl (C=O) groups is 1. The molecule has 4 aromatic heterocycles. The molecule has 5 aromatic rings. The molecule has 0 saturated heterocycles. The highest BCUT2D eigenvalue weighted by atomic mass is 16.3. The maximum absolute atomic E-state index is 13.1. The second kappa shape index (κ2) is 7.33. The summed E-state index contributed by atoms with van der Waals surface area (Å²) in [5, 5.41) is 2.90. The van der Waals surface area contributed by atoms with Crippen molar-refractivity contribution in [1.82, 2.24) is 14.4 Å². The van der Waals surface area contributed by atoms with Crippen LogP contribution in [0.2, 0.25) is 0 Å². The minimum absolute atomic E-state index is 0.234. The van der Waals surface area contributed by atoms with Gasteiger partial charge in [-0.1, -0.05) is 35.9 Å². The number of pyridine rings is 2. The van der Waals surface area contributed by atoms with Crippen molar-refractivity contribution in [2.24, 2.45) is 0 Å². The smallest absolute Gasteiger partial charge is 0.257 e. The van der Waals surface area contributed by atoms with Gasteiger partial charge in [0.1, 0.15) is 12.0 Å². The van der Waals surface area contributed by atoms with E-state index in [2.05, 4.69) is 46.5 Å². The standard InChI is InChI=1S/C24H18N4O2/c1-16-4-2-5-17(10-16)18-7-8-20-11-21(24(29)27-19-6-3-9-25-12-19)23(28(20)13-18)22-14-30-15-26-22/h2-15H,1H3,(H,27,29). The molecular weight excluding hydrogens is 376 g/mol.